The summed E-state index contributed by atoms with van der Waals surface area (Å²) in [6, 6.07) is 13.4. The highest BCUT2D eigenvalue weighted by Gasteiger charge is 2.24. The predicted octanol–water partition coefficient (Wildman–Crippen LogP) is 4.71. The molecule has 1 aromatic carbocycles. The summed E-state index contributed by atoms with van der Waals surface area (Å²) >= 11 is 6.84. The first-order valence-corrected chi connectivity index (χ1v) is 9.07. The van der Waals surface area contributed by atoms with Gasteiger partial charge in [-0.3, -0.25) is 4.98 Å². The molecule has 3 rings (SSSR count). The number of rotatable bonds is 4. The van der Waals surface area contributed by atoms with Crippen molar-refractivity contribution in [2.75, 3.05) is 17.7 Å². The fourth-order valence-electron chi connectivity index (χ4n) is 2.58. The number of aryl methyl sites for hydroxylation is 1. The molecule has 2 heterocycles. The molecule has 2 aromatic heterocycles. The first-order chi connectivity index (χ1) is 12.6. The van der Waals surface area contributed by atoms with Crippen LogP contribution in [0.15, 0.2) is 54.9 Å². The van der Waals surface area contributed by atoms with Gasteiger partial charge in [0.15, 0.2) is 5.11 Å². The number of carbonyl (C=O) groups excluding carboxylic acids is 1. The van der Waals surface area contributed by atoms with E-state index in [4.69, 9.17) is 17.0 Å². The van der Waals surface area contributed by atoms with Crippen LogP contribution in [0.2, 0.25) is 0 Å². The Kier molecular flexibility index (Phi) is 5.60. The lowest BCUT2D eigenvalue weighted by Crippen LogP contribution is -2.20. The number of nitrogens with one attached hydrogen (secondary N) is 2. The third-order valence-electron chi connectivity index (χ3n) is 3.68. The number of nitrogens with zero attached hydrogens (tertiary/aromatic N) is 1. The van der Waals surface area contributed by atoms with Crippen molar-refractivity contribution in [3.8, 4) is 11.1 Å². The van der Waals surface area contributed by atoms with Crippen molar-refractivity contribution in [2.45, 2.75) is 6.92 Å². The average Bonchev–Trinajstić information content (AvgIpc) is 2.98. The van der Waals surface area contributed by atoms with Crippen molar-refractivity contribution in [3.05, 3.63) is 65.3 Å². The number of anilines is 2. The Labute approximate surface area is 161 Å². The Morgan fingerprint density at radius 2 is 1.92 bits per heavy atom. The molecule has 0 fully saturated rings. The van der Waals surface area contributed by atoms with Crippen LogP contribution in [0.5, 0.6) is 0 Å². The average molecular weight is 383 g/mol. The first kappa shape index (κ1) is 18.0. The molecule has 0 aliphatic carbocycles. The SMILES string of the molecule is COC(=O)c1c(NC(=S)Nc2cccnc2)sc(C)c1-c1ccccc1. The van der Waals surface area contributed by atoms with Gasteiger partial charge >= 0.3 is 5.97 Å². The van der Waals surface area contributed by atoms with Crippen molar-refractivity contribution in [1.82, 2.24) is 4.98 Å². The summed E-state index contributed by atoms with van der Waals surface area (Å²) < 4.78 is 5.01. The van der Waals surface area contributed by atoms with Gasteiger partial charge in [-0.25, -0.2) is 4.79 Å². The van der Waals surface area contributed by atoms with E-state index < -0.39 is 5.97 Å². The summed E-state index contributed by atoms with van der Waals surface area (Å²) in [5, 5.41) is 7.20. The quantitative estimate of drug-likeness (QED) is 0.502. The molecule has 0 unspecified atom stereocenters. The second-order valence-electron chi connectivity index (χ2n) is 5.42. The van der Waals surface area contributed by atoms with E-state index >= 15 is 0 Å². The van der Waals surface area contributed by atoms with Gasteiger partial charge in [-0.2, -0.15) is 0 Å². The molecule has 3 aromatic rings. The Balaban J connectivity index is 1.94. The second-order valence-corrected chi connectivity index (χ2v) is 7.05. The Hall–Kier alpha value is -2.77. The smallest absolute Gasteiger partial charge is 0.341 e. The molecular weight excluding hydrogens is 366 g/mol. The van der Waals surface area contributed by atoms with E-state index in [1.807, 2.05) is 49.4 Å². The third kappa shape index (κ3) is 3.89. The van der Waals surface area contributed by atoms with Crippen molar-refractivity contribution in [2.24, 2.45) is 0 Å². The maximum atomic E-state index is 12.5. The Morgan fingerprint density at radius 3 is 2.58 bits per heavy atom. The molecule has 0 amide bonds. The van der Waals surface area contributed by atoms with Gasteiger partial charge in [0.1, 0.15) is 10.6 Å². The Morgan fingerprint density at radius 1 is 1.15 bits per heavy atom. The van der Waals surface area contributed by atoms with E-state index in [9.17, 15) is 4.79 Å². The summed E-state index contributed by atoms with van der Waals surface area (Å²) in [6.45, 7) is 1.97. The van der Waals surface area contributed by atoms with Crippen LogP contribution in [0.1, 0.15) is 15.2 Å². The standard InChI is InChI=1S/C19H17N3O2S2/c1-12-15(13-7-4-3-5-8-13)16(18(23)24-2)17(26-12)22-19(25)21-14-9-6-10-20-11-14/h3-11H,1-2H3,(H2,21,22,25). The van der Waals surface area contributed by atoms with E-state index in [0.717, 1.165) is 21.7 Å². The first-order valence-electron chi connectivity index (χ1n) is 7.85. The summed E-state index contributed by atoms with van der Waals surface area (Å²) in [7, 11) is 1.38. The van der Waals surface area contributed by atoms with Gasteiger partial charge in [0.25, 0.3) is 0 Å². The number of hydrogen-bond donors (Lipinski definition) is 2. The zero-order chi connectivity index (χ0) is 18.5. The maximum absolute atomic E-state index is 12.5. The van der Waals surface area contributed by atoms with Crippen molar-refractivity contribution in [1.29, 1.82) is 0 Å². The van der Waals surface area contributed by atoms with Crippen LogP contribution in [0.3, 0.4) is 0 Å². The van der Waals surface area contributed by atoms with Crippen LogP contribution < -0.4 is 10.6 Å². The molecule has 5 nitrogen and oxygen atoms in total. The van der Waals surface area contributed by atoms with Crippen molar-refractivity contribution < 1.29 is 9.53 Å². The maximum Gasteiger partial charge on any atom is 0.341 e. The van der Waals surface area contributed by atoms with Crippen LogP contribution in [0.4, 0.5) is 10.7 Å². The number of carbonyl (C=O) groups is 1. The molecule has 0 radical (unpaired) electrons. The lowest BCUT2D eigenvalue weighted by molar-refractivity contribution is 0.0603. The molecule has 132 valence electrons. The van der Waals surface area contributed by atoms with Crippen LogP contribution >= 0.6 is 23.6 Å². The molecule has 7 heteroatoms. The van der Waals surface area contributed by atoms with Gasteiger partial charge in [0, 0.05) is 16.6 Å². The third-order valence-corrected chi connectivity index (χ3v) is 4.91. The van der Waals surface area contributed by atoms with Crippen molar-refractivity contribution in [3.63, 3.8) is 0 Å². The lowest BCUT2D eigenvalue weighted by Gasteiger charge is -2.11. The molecule has 0 aliphatic heterocycles. The molecule has 0 atom stereocenters. The van der Waals surface area contributed by atoms with Crippen LogP contribution in [-0.4, -0.2) is 23.2 Å². The molecule has 0 saturated carbocycles. The van der Waals surface area contributed by atoms with E-state index in [-0.39, 0.29) is 0 Å². The number of esters is 1. The molecule has 0 spiro atoms. The number of hydrogen-bond acceptors (Lipinski definition) is 5. The number of aromatic nitrogens is 1. The highest BCUT2D eigenvalue weighted by Crippen LogP contribution is 2.40. The van der Waals surface area contributed by atoms with Gasteiger partial charge in [-0.15, -0.1) is 11.3 Å². The van der Waals surface area contributed by atoms with Gasteiger partial charge in [-0.05, 0) is 36.8 Å². The monoisotopic (exact) mass is 383 g/mol. The van der Waals surface area contributed by atoms with E-state index in [2.05, 4.69) is 15.6 Å². The molecule has 0 bridgehead atoms. The van der Waals surface area contributed by atoms with Crippen LogP contribution in [0.25, 0.3) is 11.1 Å². The summed E-state index contributed by atoms with van der Waals surface area (Å²) in [5.74, 6) is -0.403. The number of methoxy groups -OCH3 is 1. The van der Waals surface area contributed by atoms with Gasteiger partial charge in [0.2, 0.25) is 0 Å². The van der Waals surface area contributed by atoms with E-state index in [1.54, 1.807) is 12.4 Å². The fraction of sp³-hybridized carbons (Fsp3) is 0.105. The zero-order valence-electron chi connectivity index (χ0n) is 14.3. The number of pyridine rings is 1. The van der Waals surface area contributed by atoms with Gasteiger partial charge in [0.05, 0.1) is 19.0 Å². The number of thiocarbonyl (C=S) groups is 1. The minimum atomic E-state index is -0.403. The lowest BCUT2D eigenvalue weighted by atomic mass is 10.0. The fourth-order valence-corrected chi connectivity index (χ4v) is 3.94. The minimum Gasteiger partial charge on any atom is -0.465 e. The van der Waals surface area contributed by atoms with E-state index in [1.165, 1.54) is 18.4 Å². The number of thiophene rings is 1. The predicted molar refractivity (Wildman–Crippen MR) is 110 cm³/mol. The Bertz CT molecular complexity index is 925. The molecule has 0 saturated heterocycles. The minimum absolute atomic E-state index is 0.379. The van der Waals surface area contributed by atoms with Crippen LogP contribution in [0, 0.1) is 6.92 Å². The van der Waals surface area contributed by atoms with Crippen molar-refractivity contribution >= 4 is 45.3 Å². The highest BCUT2D eigenvalue weighted by atomic mass is 32.1. The van der Waals surface area contributed by atoms with Crippen LogP contribution in [-0.2, 0) is 4.74 Å². The van der Waals surface area contributed by atoms with Gasteiger partial charge < -0.3 is 15.4 Å². The zero-order valence-corrected chi connectivity index (χ0v) is 15.9. The summed E-state index contributed by atoms with van der Waals surface area (Å²) in [5.41, 5.74) is 3.06. The van der Waals surface area contributed by atoms with Gasteiger partial charge in [-0.1, -0.05) is 30.3 Å². The van der Waals surface area contributed by atoms with E-state index in [0.29, 0.717) is 15.7 Å². The molecule has 0 aliphatic rings. The largest absolute Gasteiger partial charge is 0.465 e. The topological polar surface area (TPSA) is 63.2 Å². The highest BCUT2D eigenvalue weighted by molar-refractivity contribution is 7.80. The molecule has 2 N–H and O–H groups in total. The molecule has 26 heavy (non-hydrogen) atoms. The summed E-state index contributed by atoms with van der Waals surface area (Å²) in [4.78, 5) is 17.5. The normalized spacial score (nSPS) is 10.2. The number of benzene rings is 1. The second kappa shape index (κ2) is 8.07. The molecular formula is C19H17N3O2S2. The summed E-state index contributed by atoms with van der Waals surface area (Å²) in [6.07, 6.45) is 3.36. The number of ether oxygens (including phenoxy) is 1.